The SMILES string of the molecule is CC(C)(C)OCCOc1ccc(CN)cc1Br. The third-order valence-corrected chi connectivity index (χ3v) is 2.73. The van der Waals surface area contributed by atoms with Gasteiger partial charge < -0.3 is 15.2 Å². The molecule has 0 saturated carbocycles. The Morgan fingerprint density at radius 3 is 2.47 bits per heavy atom. The number of benzene rings is 1. The van der Waals surface area contributed by atoms with Crippen LogP contribution in [-0.2, 0) is 11.3 Å². The molecule has 0 atom stereocenters. The molecule has 0 saturated heterocycles. The molecule has 0 spiro atoms. The predicted octanol–water partition coefficient (Wildman–Crippen LogP) is 3.10. The fourth-order valence-electron chi connectivity index (χ4n) is 1.29. The van der Waals surface area contributed by atoms with Gasteiger partial charge in [0, 0.05) is 6.54 Å². The zero-order valence-corrected chi connectivity index (χ0v) is 12.2. The third-order valence-electron chi connectivity index (χ3n) is 2.11. The van der Waals surface area contributed by atoms with Crippen molar-refractivity contribution >= 4 is 15.9 Å². The van der Waals surface area contributed by atoms with Crippen molar-refractivity contribution < 1.29 is 9.47 Å². The van der Waals surface area contributed by atoms with Gasteiger partial charge in [0.25, 0.3) is 0 Å². The van der Waals surface area contributed by atoms with Crippen LogP contribution < -0.4 is 10.5 Å². The van der Waals surface area contributed by atoms with Gasteiger partial charge in [0.15, 0.2) is 0 Å². The average molecular weight is 302 g/mol. The Morgan fingerprint density at radius 2 is 1.94 bits per heavy atom. The van der Waals surface area contributed by atoms with Gasteiger partial charge >= 0.3 is 0 Å². The molecule has 96 valence electrons. The van der Waals surface area contributed by atoms with Crippen LogP contribution in [-0.4, -0.2) is 18.8 Å². The van der Waals surface area contributed by atoms with Crippen LogP contribution in [0.2, 0.25) is 0 Å². The van der Waals surface area contributed by atoms with Crippen molar-refractivity contribution in [3.8, 4) is 5.75 Å². The summed E-state index contributed by atoms with van der Waals surface area (Å²) in [6, 6.07) is 5.86. The molecule has 1 aromatic carbocycles. The number of rotatable bonds is 5. The second-order valence-corrected chi connectivity index (χ2v) is 5.63. The molecule has 17 heavy (non-hydrogen) atoms. The molecule has 0 aliphatic carbocycles. The Kier molecular flexibility index (Phi) is 5.43. The molecule has 0 bridgehead atoms. The molecule has 0 fully saturated rings. The molecule has 1 rings (SSSR count). The number of ether oxygens (including phenoxy) is 2. The van der Waals surface area contributed by atoms with Crippen molar-refractivity contribution in [3.63, 3.8) is 0 Å². The number of nitrogens with two attached hydrogens (primary N) is 1. The summed E-state index contributed by atoms with van der Waals surface area (Å²) in [7, 11) is 0. The van der Waals surface area contributed by atoms with Gasteiger partial charge in [-0.1, -0.05) is 6.07 Å². The monoisotopic (exact) mass is 301 g/mol. The highest BCUT2D eigenvalue weighted by molar-refractivity contribution is 9.10. The molecule has 2 N–H and O–H groups in total. The van der Waals surface area contributed by atoms with E-state index in [1.54, 1.807) is 0 Å². The smallest absolute Gasteiger partial charge is 0.133 e. The summed E-state index contributed by atoms with van der Waals surface area (Å²) in [5, 5.41) is 0. The van der Waals surface area contributed by atoms with Crippen molar-refractivity contribution in [2.45, 2.75) is 32.9 Å². The van der Waals surface area contributed by atoms with Crippen molar-refractivity contribution in [2.24, 2.45) is 5.73 Å². The first-order valence-corrected chi connectivity index (χ1v) is 6.47. The van der Waals surface area contributed by atoms with E-state index < -0.39 is 0 Å². The largest absolute Gasteiger partial charge is 0.490 e. The van der Waals surface area contributed by atoms with E-state index in [4.69, 9.17) is 15.2 Å². The Bertz CT molecular complexity index is 361. The van der Waals surface area contributed by atoms with Crippen LogP contribution >= 0.6 is 15.9 Å². The fourth-order valence-corrected chi connectivity index (χ4v) is 1.83. The zero-order chi connectivity index (χ0) is 12.9. The maximum absolute atomic E-state index is 5.62. The van der Waals surface area contributed by atoms with Gasteiger partial charge in [-0.3, -0.25) is 0 Å². The van der Waals surface area contributed by atoms with Crippen LogP contribution in [0.5, 0.6) is 5.75 Å². The van der Waals surface area contributed by atoms with Crippen LogP contribution in [0, 0.1) is 0 Å². The van der Waals surface area contributed by atoms with Gasteiger partial charge in [-0.05, 0) is 54.4 Å². The lowest BCUT2D eigenvalue weighted by atomic mass is 10.2. The lowest BCUT2D eigenvalue weighted by molar-refractivity contribution is -0.0163. The molecule has 0 aliphatic heterocycles. The Balaban J connectivity index is 2.42. The van der Waals surface area contributed by atoms with Crippen molar-refractivity contribution in [3.05, 3.63) is 28.2 Å². The number of halogens is 1. The topological polar surface area (TPSA) is 44.5 Å². The Hall–Kier alpha value is -0.580. The molecule has 3 nitrogen and oxygen atoms in total. The Labute approximate surface area is 111 Å². The highest BCUT2D eigenvalue weighted by Gasteiger charge is 2.09. The summed E-state index contributed by atoms with van der Waals surface area (Å²) in [6.45, 7) is 7.73. The minimum absolute atomic E-state index is 0.121. The summed E-state index contributed by atoms with van der Waals surface area (Å²) in [5.74, 6) is 0.819. The van der Waals surface area contributed by atoms with Crippen molar-refractivity contribution in [1.29, 1.82) is 0 Å². The Morgan fingerprint density at radius 1 is 1.24 bits per heavy atom. The van der Waals surface area contributed by atoms with Crippen molar-refractivity contribution in [2.75, 3.05) is 13.2 Å². The number of hydrogen-bond donors (Lipinski definition) is 1. The average Bonchev–Trinajstić information content (AvgIpc) is 2.24. The van der Waals surface area contributed by atoms with E-state index in [9.17, 15) is 0 Å². The number of hydrogen-bond acceptors (Lipinski definition) is 3. The summed E-state index contributed by atoms with van der Waals surface area (Å²) >= 11 is 3.46. The van der Waals surface area contributed by atoms with Gasteiger partial charge in [0.1, 0.15) is 12.4 Å². The molecule has 4 heteroatoms. The molecule has 0 unspecified atom stereocenters. The standard InChI is InChI=1S/C13H20BrNO2/c1-13(2,3)17-7-6-16-12-5-4-10(9-15)8-11(12)14/h4-5,8H,6-7,9,15H2,1-3H3. The molecule has 0 heterocycles. The molecular formula is C13H20BrNO2. The molecule has 0 amide bonds. The van der Waals surface area contributed by atoms with Gasteiger partial charge in [-0.15, -0.1) is 0 Å². The zero-order valence-electron chi connectivity index (χ0n) is 10.6. The van der Waals surface area contributed by atoms with E-state index >= 15 is 0 Å². The molecular weight excluding hydrogens is 282 g/mol. The summed E-state index contributed by atoms with van der Waals surface area (Å²) in [5.41, 5.74) is 6.51. The molecule has 0 aliphatic rings. The lowest BCUT2D eigenvalue weighted by Gasteiger charge is -2.19. The maximum Gasteiger partial charge on any atom is 0.133 e. The van der Waals surface area contributed by atoms with Crippen LogP contribution in [0.4, 0.5) is 0 Å². The summed E-state index contributed by atoms with van der Waals surface area (Å²) in [4.78, 5) is 0. The second kappa shape index (κ2) is 6.38. The van der Waals surface area contributed by atoms with Crippen LogP contribution in [0.15, 0.2) is 22.7 Å². The predicted molar refractivity (Wildman–Crippen MR) is 73.2 cm³/mol. The second-order valence-electron chi connectivity index (χ2n) is 4.78. The fraction of sp³-hybridized carbons (Fsp3) is 0.538. The first kappa shape index (κ1) is 14.5. The minimum atomic E-state index is -0.121. The van der Waals surface area contributed by atoms with Crippen molar-refractivity contribution in [1.82, 2.24) is 0 Å². The van der Waals surface area contributed by atoms with E-state index in [1.165, 1.54) is 0 Å². The quantitative estimate of drug-likeness (QED) is 0.850. The maximum atomic E-state index is 5.62. The summed E-state index contributed by atoms with van der Waals surface area (Å²) < 4.78 is 12.1. The van der Waals surface area contributed by atoms with E-state index in [2.05, 4.69) is 15.9 Å². The van der Waals surface area contributed by atoms with Gasteiger partial charge in [-0.25, -0.2) is 0 Å². The molecule has 1 aromatic rings. The highest BCUT2D eigenvalue weighted by Crippen LogP contribution is 2.25. The van der Waals surface area contributed by atoms with Gasteiger partial charge in [0.05, 0.1) is 16.7 Å². The molecule has 0 aromatic heterocycles. The minimum Gasteiger partial charge on any atom is -0.490 e. The van der Waals surface area contributed by atoms with E-state index in [1.807, 2.05) is 39.0 Å². The third kappa shape index (κ3) is 5.52. The normalized spacial score (nSPS) is 11.6. The first-order chi connectivity index (χ1) is 7.92. The molecule has 0 radical (unpaired) electrons. The highest BCUT2D eigenvalue weighted by atomic mass is 79.9. The van der Waals surface area contributed by atoms with Crippen LogP contribution in [0.3, 0.4) is 0 Å². The summed E-state index contributed by atoms with van der Waals surface area (Å²) in [6.07, 6.45) is 0. The van der Waals surface area contributed by atoms with Gasteiger partial charge in [-0.2, -0.15) is 0 Å². The first-order valence-electron chi connectivity index (χ1n) is 5.67. The lowest BCUT2D eigenvalue weighted by Crippen LogP contribution is -2.22. The van der Waals surface area contributed by atoms with Gasteiger partial charge in [0.2, 0.25) is 0 Å². The van der Waals surface area contributed by atoms with E-state index in [0.717, 1.165) is 15.8 Å². The van der Waals surface area contributed by atoms with E-state index in [-0.39, 0.29) is 5.60 Å². The van der Waals surface area contributed by atoms with Crippen LogP contribution in [0.25, 0.3) is 0 Å². The van der Waals surface area contributed by atoms with Crippen LogP contribution in [0.1, 0.15) is 26.3 Å². The van der Waals surface area contributed by atoms with E-state index in [0.29, 0.717) is 19.8 Å².